The summed E-state index contributed by atoms with van der Waals surface area (Å²) < 4.78 is 6.82. The van der Waals surface area contributed by atoms with E-state index in [1.54, 1.807) is 36.1 Å². The maximum atomic E-state index is 12.6. The van der Waals surface area contributed by atoms with Crippen molar-refractivity contribution >= 4 is 16.9 Å². The first-order valence-electron chi connectivity index (χ1n) is 7.77. The van der Waals surface area contributed by atoms with Crippen LogP contribution in [0.4, 0.5) is 0 Å². The van der Waals surface area contributed by atoms with Gasteiger partial charge in [-0.3, -0.25) is 9.48 Å². The van der Waals surface area contributed by atoms with Crippen molar-refractivity contribution in [1.29, 1.82) is 0 Å². The first-order chi connectivity index (χ1) is 11.5. The van der Waals surface area contributed by atoms with E-state index in [1.807, 2.05) is 13.8 Å². The summed E-state index contributed by atoms with van der Waals surface area (Å²) in [5.74, 6) is 0.281. The second kappa shape index (κ2) is 6.45. The molecule has 0 fully saturated rings. The minimum Gasteiger partial charge on any atom is -0.467 e. The molecule has 0 saturated heterocycles. The molecule has 0 aliphatic carbocycles. The van der Waals surface area contributed by atoms with Crippen molar-refractivity contribution in [3.8, 4) is 0 Å². The summed E-state index contributed by atoms with van der Waals surface area (Å²) in [5.41, 5.74) is 1.95. The van der Waals surface area contributed by atoms with Crippen molar-refractivity contribution in [2.24, 2.45) is 7.05 Å². The van der Waals surface area contributed by atoms with Crippen LogP contribution in [0.2, 0.25) is 0 Å². The number of rotatable bonds is 5. The average Bonchev–Trinajstić information content (AvgIpc) is 3.17. The molecular formula is C17H20N4O3. The Morgan fingerprint density at radius 2 is 2.29 bits per heavy atom. The molecule has 1 amide bonds. The average molecular weight is 328 g/mol. The van der Waals surface area contributed by atoms with Crippen molar-refractivity contribution in [2.45, 2.75) is 32.4 Å². The minimum absolute atomic E-state index is 0.211. The third-order valence-corrected chi connectivity index (χ3v) is 3.90. The van der Waals surface area contributed by atoms with Gasteiger partial charge in [0.1, 0.15) is 11.9 Å². The highest BCUT2D eigenvalue weighted by molar-refractivity contribution is 6.05. The summed E-state index contributed by atoms with van der Waals surface area (Å²) in [7, 11) is 1.79. The highest BCUT2D eigenvalue weighted by Gasteiger charge is 2.19. The molecule has 0 bridgehead atoms. The van der Waals surface area contributed by atoms with Crippen LogP contribution in [0.3, 0.4) is 0 Å². The first kappa shape index (κ1) is 16.2. The molecule has 0 spiro atoms. The molecule has 0 aliphatic rings. The molecule has 126 valence electrons. The van der Waals surface area contributed by atoms with Gasteiger partial charge in [-0.1, -0.05) is 0 Å². The van der Waals surface area contributed by atoms with E-state index in [4.69, 9.17) is 4.42 Å². The van der Waals surface area contributed by atoms with E-state index in [1.165, 1.54) is 6.26 Å². The van der Waals surface area contributed by atoms with E-state index >= 15 is 0 Å². The number of carbonyl (C=O) groups is 1. The van der Waals surface area contributed by atoms with Crippen LogP contribution in [-0.4, -0.2) is 31.8 Å². The fourth-order valence-electron chi connectivity index (χ4n) is 2.72. The largest absolute Gasteiger partial charge is 0.467 e. The van der Waals surface area contributed by atoms with Gasteiger partial charge in [-0.15, -0.1) is 0 Å². The Balaban J connectivity index is 1.75. The number of hydrogen-bond acceptors (Lipinski definition) is 5. The molecule has 3 heterocycles. The third kappa shape index (κ3) is 3.16. The van der Waals surface area contributed by atoms with Crippen molar-refractivity contribution < 1.29 is 14.3 Å². The molecule has 3 aromatic rings. The SMILES string of the molecule is Cc1cc(C(=O)NC(C)CC(O)c2ccco2)c2cnn(C)c2n1. The highest BCUT2D eigenvalue weighted by Crippen LogP contribution is 2.20. The Kier molecular flexibility index (Phi) is 4.35. The normalized spacial score (nSPS) is 13.8. The zero-order valence-electron chi connectivity index (χ0n) is 13.9. The van der Waals surface area contributed by atoms with Crippen LogP contribution in [0.1, 0.15) is 41.3 Å². The standard InChI is InChI=1S/C17H20N4O3/c1-10-7-12(13-9-18-21(3)16(13)19-10)17(23)20-11(2)8-14(22)15-5-4-6-24-15/h4-7,9,11,14,22H,8H2,1-3H3,(H,20,23). The van der Waals surface area contributed by atoms with Gasteiger partial charge in [0.15, 0.2) is 5.65 Å². The Labute approximate surface area is 139 Å². The molecule has 0 aromatic carbocycles. The summed E-state index contributed by atoms with van der Waals surface area (Å²) in [5, 5.41) is 17.9. The summed E-state index contributed by atoms with van der Waals surface area (Å²) >= 11 is 0. The number of nitrogens with zero attached hydrogens (tertiary/aromatic N) is 3. The van der Waals surface area contributed by atoms with Crippen LogP contribution < -0.4 is 5.32 Å². The molecule has 3 aromatic heterocycles. The van der Waals surface area contributed by atoms with E-state index in [9.17, 15) is 9.90 Å². The molecule has 0 saturated carbocycles. The summed E-state index contributed by atoms with van der Waals surface area (Å²) in [4.78, 5) is 17.0. The molecule has 3 rings (SSSR count). The van der Waals surface area contributed by atoms with Crippen LogP contribution in [0.25, 0.3) is 11.0 Å². The summed E-state index contributed by atoms with van der Waals surface area (Å²) in [6, 6.07) is 4.96. The fourth-order valence-corrected chi connectivity index (χ4v) is 2.72. The Morgan fingerprint density at radius 3 is 3.00 bits per heavy atom. The van der Waals surface area contributed by atoms with Crippen molar-refractivity contribution in [2.75, 3.05) is 0 Å². The number of pyridine rings is 1. The predicted molar refractivity (Wildman–Crippen MR) is 88.5 cm³/mol. The molecule has 2 N–H and O–H groups in total. The van der Waals surface area contributed by atoms with E-state index in [2.05, 4.69) is 15.4 Å². The van der Waals surface area contributed by atoms with Gasteiger partial charge in [-0.2, -0.15) is 5.10 Å². The topological polar surface area (TPSA) is 93.2 Å². The second-order valence-electron chi connectivity index (χ2n) is 5.96. The number of fused-ring (bicyclic) bond motifs is 1. The number of hydrogen-bond donors (Lipinski definition) is 2. The number of aliphatic hydroxyl groups is 1. The number of aliphatic hydroxyl groups excluding tert-OH is 1. The van der Waals surface area contributed by atoms with Crippen LogP contribution in [0.15, 0.2) is 35.1 Å². The van der Waals surface area contributed by atoms with Gasteiger partial charge in [-0.25, -0.2) is 4.98 Å². The lowest BCUT2D eigenvalue weighted by atomic mass is 10.1. The molecule has 7 heteroatoms. The zero-order chi connectivity index (χ0) is 17.3. The maximum Gasteiger partial charge on any atom is 0.252 e. The molecule has 2 atom stereocenters. The zero-order valence-corrected chi connectivity index (χ0v) is 13.9. The van der Waals surface area contributed by atoms with Crippen LogP contribution in [0.5, 0.6) is 0 Å². The maximum absolute atomic E-state index is 12.6. The Morgan fingerprint density at radius 1 is 1.50 bits per heavy atom. The van der Waals surface area contributed by atoms with Crippen LogP contribution >= 0.6 is 0 Å². The molecule has 0 radical (unpaired) electrons. The van der Waals surface area contributed by atoms with Gasteiger partial charge in [0.2, 0.25) is 0 Å². The van der Waals surface area contributed by atoms with Crippen molar-refractivity contribution in [1.82, 2.24) is 20.1 Å². The molecule has 7 nitrogen and oxygen atoms in total. The van der Waals surface area contributed by atoms with Gasteiger partial charge in [0.25, 0.3) is 5.91 Å². The Bertz CT molecular complexity index is 854. The van der Waals surface area contributed by atoms with Gasteiger partial charge in [-0.05, 0) is 32.0 Å². The summed E-state index contributed by atoms with van der Waals surface area (Å²) in [6.07, 6.45) is 2.76. The van der Waals surface area contributed by atoms with E-state index in [0.717, 1.165) is 5.69 Å². The van der Waals surface area contributed by atoms with E-state index in [0.29, 0.717) is 28.8 Å². The fraction of sp³-hybridized carbons (Fsp3) is 0.353. The number of nitrogens with one attached hydrogen (secondary N) is 1. The highest BCUT2D eigenvalue weighted by atomic mass is 16.4. The Hall–Kier alpha value is -2.67. The number of furan rings is 1. The van der Waals surface area contributed by atoms with Crippen molar-refractivity contribution in [3.63, 3.8) is 0 Å². The second-order valence-corrected chi connectivity index (χ2v) is 5.96. The number of amides is 1. The van der Waals surface area contributed by atoms with Gasteiger partial charge >= 0.3 is 0 Å². The molecule has 2 unspecified atom stereocenters. The monoisotopic (exact) mass is 328 g/mol. The summed E-state index contributed by atoms with van der Waals surface area (Å²) in [6.45, 7) is 3.69. The van der Waals surface area contributed by atoms with Gasteiger partial charge in [0, 0.05) is 25.2 Å². The number of aromatic nitrogens is 3. The lowest BCUT2D eigenvalue weighted by molar-refractivity contribution is 0.0904. The van der Waals surface area contributed by atoms with Crippen molar-refractivity contribution in [3.05, 3.63) is 47.7 Å². The molecule has 24 heavy (non-hydrogen) atoms. The third-order valence-electron chi connectivity index (χ3n) is 3.90. The quantitative estimate of drug-likeness (QED) is 0.748. The lowest BCUT2D eigenvalue weighted by Gasteiger charge is -2.17. The van der Waals surface area contributed by atoms with Gasteiger partial charge in [0.05, 0.1) is 23.4 Å². The predicted octanol–water partition coefficient (Wildman–Crippen LogP) is 2.11. The number of aryl methyl sites for hydroxylation is 2. The molecule has 0 aliphatic heterocycles. The number of carbonyl (C=O) groups excluding carboxylic acids is 1. The van der Waals surface area contributed by atoms with Crippen LogP contribution in [-0.2, 0) is 7.05 Å². The van der Waals surface area contributed by atoms with E-state index < -0.39 is 6.10 Å². The minimum atomic E-state index is -0.757. The first-order valence-corrected chi connectivity index (χ1v) is 7.77. The smallest absolute Gasteiger partial charge is 0.252 e. The van der Waals surface area contributed by atoms with Gasteiger partial charge < -0.3 is 14.8 Å². The van der Waals surface area contributed by atoms with E-state index in [-0.39, 0.29) is 11.9 Å². The molecular weight excluding hydrogens is 308 g/mol. The lowest BCUT2D eigenvalue weighted by Crippen LogP contribution is -2.34. The van der Waals surface area contributed by atoms with Crippen LogP contribution in [0, 0.1) is 6.92 Å².